The smallest absolute Gasteiger partial charge is 0.342 e. The number of hydrogen-bond donors (Lipinski definition) is 1. The van der Waals surface area contributed by atoms with Gasteiger partial charge in [0.25, 0.3) is 0 Å². The summed E-state index contributed by atoms with van der Waals surface area (Å²) in [5.74, 6) is -1.02. The first kappa shape index (κ1) is 15.0. The molecule has 0 heterocycles. The summed E-state index contributed by atoms with van der Waals surface area (Å²) in [6.45, 7) is 0.344. The Hall–Kier alpha value is -2.08. The summed E-state index contributed by atoms with van der Waals surface area (Å²) in [6, 6.07) is 3.29. The van der Waals surface area contributed by atoms with E-state index in [2.05, 4.69) is 4.74 Å². The first-order valence-corrected chi connectivity index (χ1v) is 5.67. The van der Waals surface area contributed by atoms with Gasteiger partial charge in [-0.3, -0.25) is 0 Å². The Bertz CT molecular complexity index is 484. The molecule has 2 N–H and O–H groups in total. The minimum absolute atomic E-state index is 0.0581. The highest BCUT2D eigenvalue weighted by Crippen LogP contribution is 2.27. The fraction of sp³-hybridized carbons (Fsp3) is 0.385. The maximum Gasteiger partial charge on any atom is 0.342 e. The molecule has 0 spiro atoms. The standard InChI is InChI=1S/C13H17NO5/c1-17-9-5-4-8(6-7-14)10(12(15)18-2)11(9)13(16)19-3/h4-5H,6-7,14H2,1-3H3. The van der Waals surface area contributed by atoms with Crippen molar-refractivity contribution in [3.05, 3.63) is 28.8 Å². The second-order valence-corrected chi connectivity index (χ2v) is 3.70. The first-order chi connectivity index (χ1) is 9.10. The highest BCUT2D eigenvalue weighted by atomic mass is 16.5. The van der Waals surface area contributed by atoms with E-state index in [1.807, 2.05) is 0 Å². The van der Waals surface area contributed by atoms with E-state index in [0.29, 0.717) is 18.5 Å². The molecule has 0 saturated carbocycles. The second kappa shape index (κ2) is 6.75. The van der Waals surface area contributed by atoms with Crippen LogP contribution in [0.4, 0.5) is 0 Å². The van der Waals surface area contributed by atoms with Crippen molar-refractivity contribution in [2.45, 2.75) is 6.42 Å². The Morgan fingerprint density at radius 2 is 1.63 bits per heavy atom. The van der Waals surface area contributed by atoms with Gasteiger partial charge >= 0.3 is 11.9 Å². The molecule has 0 atom stereocenters. The maximum atomic E-state index is 11.9. The molecule has 0 saturated heterocycles. The normalized spacial score (nSPS) is 9.89. The summed E-state index contributed by atoms with van der Waals surface area (Å²) in [7, 11) is 3.89. The van der Waals surface area contributed by atoms with Crippen LogP contribution >= 0.6 is 0 Å². The number of carbonyl (C=O) groups is 2. The quantitative estimate of drug-likeness (QED) is 0.793. The molecular weight excluding hydrogens is 250 g/mol. The molecule has 0 bridgehead atoms. The predicted molar refractivity (Wildman–Crippen MR) is 68.4 cm³/mol. The van der Waals surface area contributed by atoms with Crippen LogP contribution in [0.1, 0.15) is 26.3 Å². The van der Waals surface area contributed by atoms with Crippen LogP contribution in [0.15, 0.2) is 12.1 Å². The topological polar surface area (TPSA) is 87.9 Å². The van der Waals surface area contributed by atoms with Gasteiger partial charge in [0.2, 0.25) is 0 Å². The summed E-state index contributed by atoms with van der Waals surface area (Å²) in [5.41, 5.74) is 6.32. The number of hydrogen-bond acceptors (Lipinski definition) is 6. The van der Waals surface area contributed by atoms with Gasteiger partial charge in [-0.15, -0.1) is 0 Å². The van der Waals surface area contributed by atoms with Crippen LogP contribution in [-0.2, 0) is 15.9 Å². The molecular formula is C13H17NO5. The number of methoxy groups -OCH3 is 3. The Morgan fingerprint density at radius 1 is 1.05 bits per heavy atom. The average Bonchev–Trinajstić information content (AvgIpc) is 2.45. The number of rotatable bonds is 5. The monoisotopic (exact) mass is 267 g/mol. The van der Waals surface area contributed by atoms with Crippen molar-refractivity contribution in [1.29, 1.82) is 0 Å². The third-order valence-corrected chi connectivity index (χ3v) is 2.67. The van der Waals surface area contributed by atoms with Gasteiger partial charge in [0.1, 0.15) is 11.3 Å². The molecule has 0 aromatic heterocycles. The molecule has 1 aromatic rings. The van der Waals surface area contributed by atoms with Gasteiger partial charge in [-0.25, -0.2) is 9.59 Å². The summed E-state index contributed by atoms with van der Waals surface area (Å²) in [4.78, 5) is 23.7. The number of nitrogens with two attached hydrogens (primary N) is 1. The minimum Gasteiger partial charge on any atom is -0.496 e. The van der Waals surface area contributed by atoms with E-state index >= 15 is 0 Å². The minimum atomic E-state index is -0.656. The van der Waals surface area contributed by atoms with Crippen molar-refractivity contribution in [3.63, 3.8) is 0 Å². The van der Waals surface area contributed by atoms with Crippen LogP contribution in [0, 0.1) is 0 Å². The van der Waals surface area contributed by atoms with Gasteiger partial charge in [0.05, 0.1) is 26.9 Å². The van der Waals surface area contributed by atoms with Gasteiger partial charge < -0.3 is 19.9 Å². The fourth-order valence-electron chi connectivity index (χ4n) is 1.80. The van der Waals surface area contributed by atoms with E-state index in [-0.39, 0.29) is 16.9 Å². The van der Waals surface area contributed by atoms with Gasteiger partial charge in [-0.05, 0) is 24.6 Å². The zero-order chi connectivity index (χ0) is 14.4. The van der Waals surface area contributed by atoms with Crippen molar-refractivity contribution in [1.82, 2.24) is 0 Å². The Kier molecular flexibility index (Phi) is 5.32. The van der Waals surface area contributed by atoms with Crippen LogP contribution in [0.2, 0.25) is 0 Å². The van der Waals surface area contributed by atoms with Gasteiger partial charge in [-0.2, -0.15) is 0 Å². The van der Waals surface area contributed by atoms with Crippen molar-refractivity contribution >= 4 is 11.9 Å². The molecule has 6 heteroatoms. The second-order valence-electron chi connectivity index (χ2n) is 3.70. The summed E-state index contributed by atoms with van der Waals surface area (Å²) in [5, 5.41) is 0. The van der Waals surface area contributed by atoms with Crippen LogP contribution in [0.3, 0.4) is 0 Å². The number of ether oxygens (including phenoxy) is 3. The lowest BCUT2D eigenvalue weighted by Crippen LogP contribution is -2.17. The van der Waals surface area contributed by atoms with Crippen LogP contribution in [0.25, 0.3) is 0 Å². The fourth-order valence-corrected chi connectivity index (χ4v) is 1.80. The molecule has 19 heavy (non-hydrogen) atoms. The first-order valence-electron chi connectivity index (χ1n) is 5.67. The molecule has 1 aromatic carbocycles. The van der Waals surface area contributed by atoms with Crippen LogP contribution < -0.4 is 10.5 Å². The van der Waals surface area contributed by atoms with Crippen LogP contribution in [0.5, 0.6) is 5.75 Å². The molecule has 0 aliphatic carbocycles. The number of esters is 2. The molecule has 0 fully saturated rings. The zero-order valence-electron chi connectivity index (χ0n) is 11.2. The average molecular weight is 267 g/mol. The van der Waals surface area contributed by atoms with E-state index in [0.717, 1.165) is 0 Å². The molecule has 0 radical (unpaired) electrons. The lowest BCUT2D eigenvalue weighted by atomic mass is 9.97. The van der Waals surface area contributed by atoms with Crippen molar-refractivity contribution in [2.24, 2.45) is 5.73 Å². The highest BCUT2D eigenvalue weighted by Gasteiger charge is 2.26. The lowest BCUT2D eigenvalue weighted by Gasteiger charge is -2.14. The van der Waals surface area contributed by atoms with E-state index in [9.17, 15) is 9.59 Å². The molecule has 0 amide bonds. The predicted octanol–water partition coefficient (Wildman–Crippen LogP) is 0.770. The van der Waals surface area contributed by atoms with E-state index in [1.165, 1.54) is 21.3 Å². The van der Waals surface area contributed by atoms with Crippen molar-refractivity contribution < 1.29 is 23.8 Å². The van der Waals surface area contributed by atoms with E-state index < -0.39 is 11.9 Å². The Balaban J connectivity index is 3.55. The molecule has 6 nitrogen and oxygen atoms in total. The largest absolute Gasteiger partial charge is 0.496 e. The third kappa shape index (κ3) is 3.03. The SMILES string of the molecule is COC(=O)c1c(CCN)ccc(OC)c1C(=O)OC. The van der Waals surface area contributed by atoms with E-state index in [1.54, 1.807) is 12.1 Å². The summed E-state index contributed by atoms with van der Waals surface area (Å²) in [6.07, 6.45) is 0.443. The molecule has 1 rings (SSSR count). The van der Waals surface area contributed by atoms with E-state index in [4.69, 9.17) is 15.2 Å². The van der Waals surface area contributed by atoms with Gasteiger partial charge in [-0.1, -0.05) is 6.07 Å². The van der Waals surface area contributed by atoms with Gasteiger partial charge in [0, 0.05) is 0 Å². The lowest BCUT2D eigenvalue weighted by molar-refractivity contribution is 0.0551. The summed E-state index contributed by atoms with van der Waals surface area (Å²) < 4.78 is 14.5. The summed E-state index contributed by atoms with van der Waals surface area (Å²) >= 11 is 0. The van der Waals surface area contributed by atoms with Crippen molar-refractivity contribution in [2.75, 3.05) is 27.9 Å². The number of benzene rings is 1. The highest BCUT2D eigenvalue weighted by molar-refractivity contribution is 6.06. The number of carbonyl (C=O) groups excluding carboxylic acids is 2. The van der Waals surface area contributed by atoms with Crippen molar-refractivity contribution in [3.8, 4) is 5.75 Å². The molecule has 0 unspecified atom stereocenters. The Morgan fingerprint density at radius 3 is 2.11 bits per heavy atom. The van der Waals surface area contributed by atoms with Crippen LogP contribution in [-0.4, -0.2) is 39.8 Å². The molecule has 0 aliphatic heterocycles. The maximum absolute atomic E-state index is 11.9. The molecule has 0 aliphatic rings. The molecule has 104 valence electrons. The third-order valence-electron chi connectivity index (χ3n) is 2.67. The van der Waals surface area contributed by atoms with Gasteiger partial charge in [0.15, 0.2) is 0 Å². The Labute approximate surface area is 111 Å². The zero-order valence-corrected chi connectivity index (χ0v) is 11.2.